The van der Waals surface area contributed by atoms with E-state index < -0.39 is 64.1 Å². The van der Waals surface area contributed by atoms with Crippen molar-refractivity contribution in [3.8, 4) is 0 Å². The molecule has 13 nitrogen and oxygen atoms in total. The van der Waals surface area contributed by atoms with Gasteiger partial charge in [-0.05, 0) is 12.8 Å². The lowest BCUT2D eigenvalue weighted by Gasteiger charge is -2.21. The van der Waals surface area contributed by atoms with Crippen molar-refractivity contribution in [2.75, 3.05) is 39.5 Å². The Hall–Kier alpha value is -2.05. The van der Waals surface area contributed by atoms with Gasteiger partial charge in [0.15, 0.2) is 6.10 Å². The van der Waals surface area contributed by atoms with Crippen molar-refractivity contribution in [2.45, 2.75) is 200 Å². The van der Waals surface area contributed by atoms with E-state index in [9.17, 15) is 28.6 Å². The molecule has 2 atom stereocenters. The third-order valence-electron chi connectivity index (χ3n) is 9.50. The summed E-state index contributed by atoms with van der Waals surface area (Å²) < 4.78 is 33.3. The van der Waals surface area contributed by atoms with Crippen molar-refractivity contribution in [3.05, 3.63) is 0 Å². The monoisotopic (exact) mass is 808 g/mol. The van der Waals surface area contributed by atoms with Gasteiger partial charge in [-0.2, -0.15) is 0 Å². The van der Waals surface area contributed by atoms with Crippen molar-refractivity contribution in [1.29, 1.82) is 0 Å². The smallest absolute Gasteiger partial charge is 0.472 e. The van der Waals surface area contributed by atoms with Crippen molar-refractivity contribution in [1.82, 2.24) is 4.90 Å². The Labute approximate surface area is 332 Å². The first kappa shape index (κ1) is 53.0. The molecule has 0 saturated heterocycles. The second kappa shape index (κ2) is 37.5. The van der Waals surface area contributed by atoms with Gasteiger partial charge in [0.25, 0.3) is 0 Å². The zero-order valence-corrected chi connectivity index (χ0v) is 35.4. The summed E-state index contributed by atoms with van der Waals surface area (Å²) in [7, 11) is -4.71. The van der Waals surface area contributed by atoms with E-state index in [1.54, 1.807) is 0 Å². The molecule has 0 aliphatic heterocycles. The van der Waals surface area contributed by atoms with Gasteiger partial charge >= 0.3 is 31.7 Å². The van der Waals surface area contributed by atoms with Crippen LogP contribution in [0.2, 0.25) is 0 Å². The topological polar surface area (TPSA) is 186 Å². The number of esters is 2. The van der Waals surface area contributed by atoms with Gasteiger partial charge < -0.3 is 24.6 Å². The number of rotatable bonds is 42. The van der Waals surface area contributed by atoms with Gasteiger partial charge in [0.1, 0.15) is 6.61 Å². The molecular formula is C41H78NO12P. The second-order valence-corrected chi connectivity index (χ2v) is 16.3. The minimum absolute atomic E-state index is 0.150. The van der Waals surface area contributed by atoms with Crippen LogP contribution >= 0.6 is 7.82 Å². The third kappa shape index (κ3) is 38.6. The number of carbonyl (C=O) groups excluding carboxylic acids is 2. The predicted octanol–water partition coefficient (Wildman–Crippen LogP) is 10.0. The molecular weight excluding hydrogens is 729 g/mol. The molecule has 0 saturated carbocycles. The van der Waals surface area contributed by atoms with Gasteiger partial charge in [0.05, 0.1) is 26.3 Å². The summed E-state index contributed by atoms with van der Waals surface area (Å²) in [4.78, 5) is 58.4. The molecule has 0 aromatic heterocycles. The average molecular weight is 808 g/mol. The summed E-state index contributed by atoms with van der Waals surface area (Å²) in [5.74, 6) is -3.52. The third-order valence-corrected chi connectivity index (χ3v) is 10.5. The number of phosphoric acid groups is 1. The van der Waals surface area contributed by atoms with Crippen molar-refractivity contribution < 1.29 is 57.4 Å². The molecule has 0 fully saturated rings. The van der Waals surface area contributed by atoms with Crippen LogP contribution < -0.4 is 0 Å². The van der Waals surface area contributed by atoms with E-state index in [4.69, 9.17) is 28.7 Å². The molecule has 0 radical (unpaired) electrons. The normalized spacial score (nSPS) is 13.1. The van der Waals surface area contributed by atoms with Crippen LogP contribution in [-0.4, -0.2) is 89.4 Å². The van der Waals surface area contributed by atoms with Crippen LogP contribution in [0, 0.1) is 0 Å². The van der Waals surface area contributed by atoms with Crippen LogP contribution in [0.4, 0.5) is 0 Å². The Morgan fingerprint density at radius 2 is 0.891 bits per heavy atom. The quantitative estimate of drug-likeness (QED) is 0.0301. The summed E-state index contributed by atoms with van der Waals surface area (Å²) >= 11 is 0. The zero-order valence-electron chi connectivity index (χ0n) is 34.5. The van der Waals surface area contributed by atoms with Crippen molar-refractivity contribution in [2.24, 2.45) is 0 Å². The fraction of sp³-hybridized carbons (Fsp3) is 0.902. The molecule has 0 bridgehead atoms. The molecule has 0 aliphatic carbocycles. The number of unbranched alkanes of at least 4 members (excludes halogenated alkanes) is 24. The summed E-state index contributed by atoms with van der Waals surface area (Å²) in [6.45, 7) is 1.56. The Morgan fingerprint density at radius 1 is 0.527 bits per heavy atom. The van der Waals surface area contributed by atoms with Gasteiger partial charge in [-0.15, -0.1) is 0 Å². The molecule has 0 spiro atoms. The molecule has 0 aromatic rings. The molecule has 14 heteroatoms. The Balaban J connectivity index is 4.63. The molecule has 324 valence electrons. The number of hydrogen-bond acceptors (Lipinski definition) is 10. The fourth-order valence-corrected chi connectivity index (χ4v) is 7.03. The van der Waals surface area contributed by atoms with Crippen molar-refractivity contribution in [3.63, 3.8) is 0 Å². The average Bonchev–Trinajstić information content (AvgIpc) is 3.12. The lowest BCUT2D eigenvalue weighted by molar-refractivity contribution is -0.161. The summed E-state index contributed by atoms with van der Waals surface area (Å²) in [6.07, 6.45) is 29.8. The SMILES string of the molecule is CCCCCCCCCCCCCCCC(=O)OC[C@@H](COP(=O)(O)OCCN(CC(=O)O)CC(=O)O)OC(=O)CCCCCCCCCCCCCCC. The standard InChI is InChI=1S/C41H78NO12P/c1-3-5-7-9-11-13-15-17-19-21-23-25-27-29-40(47)51-35-37(36-53-55(49,50)52-32-31-42(33-38(43)44)34-39(45)46)54-41(48)30-28-26-24-22-20-18-16-14-12-10-8-6-4-2/h37H,3-36H2,1-2H3,(H,43,44)(H,45,46)(H,49,50)/t37-/m0/s1. The van der Waals surface area contributed by atoms with Crippen LogP contribution in [-0.2, 0) is 42.3 Å². The fourth-order valence-electron chi connectivity index (χ4n) is 6.29. The van der Waals surface area contributed by atoms with Gasteiger partial charge in [0.2, 0.25) is 0 Å². The highest BCUT2D eigenvalue weighted by Crippen LogP contribution is 2.43. The molecule has 0 aromatic carbocycles. The van der Waals surface area contributed by atoms with Crippen LogP contribution in [0.15, 0.2) is 0 Å². The number of aliphatic carboxylic acids is 2. The van der Waals surface area contributed by atoms with E-state index in [-0.39, 0.29) is 26.0 Å². The molecule has 0 amide bonds. The summed E-state index contributed by atoms with van der Waals surface area (Å²) in [5, 5.41) is 17.9. The van der Waals surface area contributed by atoms with Crippen LogP contribution in [0.5, 0.6) is 0 Å². The number of carbonyl (C=O) groups is 4. The largest absolute Gasteiger partial charge is 0.480 e. The number of hydrogen-bond donors (Lipinski definition) is 3. The first-order chi connectivity index (χ1) is 26.5. The maximum atomic E-state index is 12.7. The Kier molecular flexibility index (Phi) is 36.1. The number of phosphoric ester groups is 1. The van der Waals surface area contributed by atoms with E-state index >= 15 is 0 Å². The van der Waals surface area contributed by atoms with E-state index in [1.165, 1.54) is 116 Å². The number of carboxylic acids is 2. The lowest BCUT2D eigenvalue weighted by Crippen LogP contribution is -2.36. The highest BCUT2D eigenvalue weighted by Gasteiger charge is 2.27. The van der Waals surface area contributed by atoms with E-state index in [0.29, 0.717) is 12.8 Å². The van der Waals surface area contributed by atoms with E-state index in [0.717, 1.165) is 43.4 Å². The first-order valence-electron chi connectivity index (χ1n) is 21.6. The van der Waals surface area contributed by atoms with Crippen LogP contribution in [0.3, 0.4) is 0 Å². The van der Waals surface area contributed by atoms with Gasteiger partial charge in [0, 0.05) is 19.4 Å². The van der Waals surface area contributed by atoms with Gasteiger partial charge in [-0.3, -0.25) is 33.1 Å². The molecule has 0 heterocycles. The molecule has 0 rings (SSSR count). The van der Waals surface area contributed by atoms with Crippen LogP contribution in [0.1, 0.15) is 194 Å². The van der Waals surface area contributed by atoms with E-state index in [2.05, 4.69) is 13.8 Å². The maximum Gasteiger partial charge on any atom is 0.472 e. The number of nitrogens with zero attached hydrogens (tertiary/aromatic N) is 1. The maximum absolute atomic E-state index is 12.7. The van der Waals surface area contributed by atoms with Gasteiger partial charge in [-0.1, -0.05) is 168 Å². The zero-order chi connectivity index (χ0) is 40.8. The Morgan fingerprint density at radius 3 is 1.27 bits per heavy atom. The van der Waals surface area contributed by atoms with Crippen molar-refractivity contribution >= 4 is 31.7 Å². The molecule has 1 unspecified atom stereocenters. The highest BCUT2D eigenvalue weighted by molar-refractivity contribution is 7.47. The summed E-state index contributed by atoms with van der Waals surface area (Å²) in [5.41, 5.74) is 0. The molecule has 0 aliphatic rings. The number of ether oxygens (including phenoxy) is 2. The molecule has 3 N–H and O–H groups in total. The number of carboxylic acid groups (broad SMARTS) is 2. The first-order valence-corrected chi connectivity index (χ1v) is 23.1. The highest BCUT2D eigenvalue weighted by atomic mass is 31.2. The lowest BCUT2D eigenvalue weighted by atomic mass is 10.0. The molecule has 55 heavy (non-hydrogen) atoms. The summed E-state index contributed by atoms with van der Waals surface area (Å²) in [6, 6.07) is 0. The minimum atomic E-state index is -4.71. The minimum Gasteiger partial charge on any atom is -0.480 e. The second-order valence-electron chi connectivity index (χ2n) is 14.9. The Bertz CT molecular complexity index is 998. The van der Waals surface area contributed by atoms with Crippen LogP contribution in [0.25, 0.3) is 0 Å². The van der Waals surface area contributed by atoms with Gasteiger partial charge in [-0.25, -0.2) is 4.57 Å². The predicted molar refractivity (Wildman–Crippen MR) is 215 cm³/mol. The van der Waals surface area contributed by atoms with E-state index in [1.807, 2.05) is 0 Å².